The van der Waals surface area contributed by atoms with Crippen LogP contribution in [0, 0.1) is 0 Å². The van der Waals surface area contributed by atoms with Gasteiger partial charge < -0.3 is 14.6 Å². The zero-order valence-corrected chi connectivity index (χ0v) is 15.4. The Kier molecular flexibility index (Phi) is 6.70. The second-order valence-electron chi connectivity index (χ2n) is 5.03. The van der Waals surface area contributed by atoms with Gasteiger partial charge in [-0.15, -0.1) is 6.58 Å². The van der Waals surface area contributed by atoms with Crippen molar-refractivity contribution in [2.45, 2.75) is 6.92 Å². The highest BCUT2D eigenvalue weighted by Crippen LogP contribution is 2.39. The Morgan fingerprint density at radius 3 is 2.73 bits per heavy atom. The highest BCUT2D eigenvalue weighted by Gasteiger charge is 2.34. The minimum absolute atomic E-state index is 0.104. The number of imide groups is 1. The van der Waals surface area contributed by atoms with Crippen LogP contribution in [-0.4, -0.2) is 46.9 Å². The van der Waals surface area contributed by atoms with Gasteiger partial charge in [0.25, 0.3) is 11.1 Å². The van der Waals surface area contributed by atoms with Gasteiger partial charge in [-0.3, -0.25) is 14.5 Å². The number of amides is 2. The molecule has 0 bridgehead atoms. The van der Waals surface area contributed by atoms with Crippen molar-refractivity contribution in [1.82, 2.24) is 4.90 Å². The Morgan fingerprint density at radius 2 is 2.12 bits per heavy atom. The molecule has 1 aromatic carbocycles. The van der Waals surface area contributed by atoms with Crippen molar-refractivity contribution in [2.24, 2.45) is 0 Å². The number of benzene rings is 1. The summed E-state index contributed by atoms with van der Waals surface area (Å²) in [6, 6.07) is 3.07. The van der Waals surface area contributed by atoms with Crippen LogP contribution < -0.4 is 9.47 Å². The molecule has 26 heavy (non-hydrogen) atoms. The summed E-state index contributed by atoms with van der Waals surface area (Å²) in [4.78, 5) is 36.2. The van der Waals surface area contributed by atoms with Crippen LogP contribution in [0.25, 0.3) is 6.08 Å². The van der Waals surface area contributed by atoms with Gasteiger partial charge in [0.15, 0.2) is 18.1 Å². The number of ether oxygens (including phenoxy) is 2. The number of hydrogen-bond donors (Lipinski definition) is 1. The topological polar surface area (TPSA) is 93.1 Å². The predicted molar refractivity (Wildman–Crippen MR) is 98.6 cm³/mol. The molecule has 1 aliphatic rings. The van der Waals surface area contributed by atoms with E-state index in [-0.39, 0.29) is 33.2 Å². The Labute approximate surface area is 159 Å². The number of aliphatic carboxylic acids is 1. The van der Waals surface area contributed by atoms with E-state index < -0.39 is 18.5 Å². The average Bonchev–Trinajstić information content (AvgIpc) is 2.82. The summed E-state index contributed by atoms with van der Waals surface area (Å²) in [5.74, 6) is -1.21. The van der Waals surface area contributed by atoms with E-state index >= 15 is 0 Å². The lowest BCUT2D eigenvalue weighted by molar-refractivity contribution is -0.139. The zero-order valence-electron chi connectivity index (χ0n) is 13.9. The van der Waals surface area contributed by atoms with Gasteiger partial charge in [0, 0.05) is 6.54 Å². The SMILES string of the molecule is C=CCN1C(=O)S/C(=C/c2cc(Cl)c(OCC(=O)O)c(OCC)c2)C1=O. The monoisotopic (exact) mass is 397 g/mol. The van der Waals surface area contributed by atoms with Crippen molar-refractivity contribution in [3.05, 3.63) is 40.3 Å². The molecule has 0 saturated carbocycles. The van der Waals surface area contributed by atoms with Crippen LogP contribution in [0.4, 0.5) is 4.79 Å². The van der Waals surface area contributed by atoms with E-state index in [9.17, 15) is 14.4 Å². The molecule has 1 N–H and O–H groups in total. The molecule has 2 amide bonds. The smallest absolute Gasteiger partial charge is 0.341 e. The first kappa shape index (κ1) is 19.9. The molecule has 1 fully saturated rings. The molecule has 1 aromatic rings. The summed E-state index contributed by atoms with van der Waals surface area (Å²) in [6.07, 6.45) is 2.99. The van der Waals surface area contributed by atoms with Crippen molar-refractivity contribution < 1.29 is 29.0 Å². The van der Waals surface area contributed by atoms with Gasteiger partial charge in [-0.25, -0.2) is 4.79 Å². The molecule has 2 rings (SSSR count). The number of hydrogen-bond acceptors (Lipinski definition) is 6. The first-order chi connectivity index (χ1) is 12.4. The van der Waals surface area contributed by atoms with Crippen LogP contribution >= 0.6 is 23.4 Å². The second kappa shape index (κ2) is 8.77. The maximum Gasteiger partial charge on any atom is 0.341 e. The van der Waals surface area contributed by atoms with E-state index in [4.69, 9.17) is 26.2 Å². The largest absolute Gasteiger partial charge is 0.490 e. The van der Waals surface area contributed by atoms with Crippen molar-refractivity contribution in [2.75, 3.05) is 19.8 Å². The van der Waals surface area contributed by atoms with Crippen molar-refractivity contribution in [1.29, 1.82) is 0 Å². The Bertz CT molecular complexity index is 792. The van der Waals surface area contributed by atoms with Crippen molar-refractivity contribution >= 4 is 46.6 Å². The number of carboxylic acid groups (broad SMARTS) is 1. The quantitative estimate of drug-likeness (QED) is 0.530. The number of rotatable bonds is 8. The fourth-order valence-electron chi connectivity index (χ4n) is 2.15. The van der Waals surface area contributed by atoms with Crippen LogP contribution in [0.1, 0.15) is 12.5 Å². The fraction of sp³-hybridized carbons (Fsp3) is 0.235. The number of carbonyl (C=O) groups excluding carboxylic acids is 2. The lowest BCUT2D eigenvalue weighted by Gasteiger charge is -2.13. The molecular weight excluding hydrogens is 382 g/mol. The van der Waals surface area contributed by atoms with Gasteiger partial charge in [-0.1, -0.05) is 17.7 Å². The number of carboxylic acids is 1. The van der Waals surface area contributed by atoms with E-state index in [1.165, 1.54) is 18.2 Å². The van der Waals surface area contributed by atoms with E-state index in [1.54, 1.807) is 13.0 Å². The van der Waals surface area contributed by atoms with Gasteiger partial charge in [-0.2, -0.15) is 0 Å². The molecule has 1 heterocycles. The molecule has 0 aliphatic carbocycles. The van der Waals surface area contributed by atoms with Crippen LogP contribution in [0.3, 0.4) is 0 Å². The van der Waals surface area contributed by atoms with Crippen molar-refractivity contribution in [3.8, 4) is 11.5 Å². The minimum atomic E-state index is -1.15. The van der Waals surface area contributed by atoms with E-state index in [0.29, 0.717) is 12.2 Å². The van der Waals surface area contributed by atoms with Gasteiger partial charge >= 0.3 is 5.97 Å². The third-order valence-corrected chi connectivity index (χ3v) is 4.34. The molecule has 7 nitrogen and oxygen atoms in total. The summed E-state index contributed by atoms with van der Waals surface area (Å²) in [5.41, 5.74) is 0.519. The molecule has 0 spiro atoms. The third-order valence-electron chi connectivity index (χ3n) is 3.15. The van der Waals surface area contributed by atoms with Crippen LogP contribution in [-0.2, 0) is 9.59 Å². The van der Waals surface area contributed by atoms with E-state index in [1.807, 2.05) is 0 Å². The third kappa shape index (κ3) is 4.59. The zero-order chi connectivity index (χ0) is 19.3. The summed E-state index contributed by atoms with van der Waals surface area (Å²) in [6.45, 7) is 5.14. The summed E-state index contributed by atoms with van der Waals surface area (Å²) >= 11 is 6.99. The van der Waals surface area contributed by atoms with Crippen LogP contribution in [0.15, 0.2) is 29.7 Å². The molecule has 1 aliphatic heterocycles. The molecule has 0 radical (unpaired) electrons. The second-order valence-corrected chi connectivity index (χ2v) is 6.43. The standard InChI is InChI=1S/C17H16ClNO6S/c1-3-5-19-16(22)13(26-17(19)23)8-10-6-11(18)15(25-9-14(20)21)12(7-10)24-4-2/h3,6-8H,1,4-5,9H2,2H3,(H,20,21)/b13-8+. The van der Waals surface area contributed by atoms with Crippen LogP contribution in [0.5, 0.6) is 11.5 Å². The normalized spacial score (nSPS) is 15.5. The van der Waals surface area contributed by atoms with Crippen molar-refractivity contribution in [3.63, 3.8) is 0 Å². The first-order valence-corrected chi connectivity index (χ1v) is 8.74. The van der Waals surface area contributed by atoms with E-state index in [0.717, 1.165) is 16.7 Å². The molecule has 138 valence electrons. The Morgan fingerprint density at radius 1 is 1.38 bits per heavy atom. The lowest BCUT2D eigenvalue weighted by Crippen LogP contribution is -2.27. The van der Waals surface area contributed by atoms with Gasteiger partial charge in [0.1, 0.15) is 0 Å². The Hall–Kier alpha value is -2.45. The van der Waals surface area contributed by atoms with Gasteiger partial charge in [0.05, 0.1) is 16.5 Å². The van der Waals surface area contributed by atoms with E-state index in [2.05, 4.69) is 6.58 Å². The highest BCUT2D eigenvalue weighted by molar-refractivity contribution is 8.18. The molecule has 1 saturated heterocycles. The molecular formula is C17H16ClNO6S. The number of carbonyl (C=O) groups is 3. The number of thioether (sulfide) groups is 1. The highest BCUT2D eigenvalue weighted by atomic mass is 35.5. The lowest BCUT2D eigenvalue weighted by atomic mass is 10.1. The summed E-state index contributed by atoms with van der Waals surface area (Å²) in [7, 11) is 0. The number of nitrogens with zero attached hydrogens (tertiary/aromatic N) is 1. The first-order valence-electron chi connectivity index (χ1n) is 7.54. The summed E-state index contributed by atoms with van der Waals surface area (Å²) < 4.78 is 10.6. The average molecular weight is 398 g/mol. The molecule has 0 unspecified atom stereocenters. The van der Waals surface area contributed by atoms with Crippen LogP contribution in [0.2, 0.25) is 5.02 Å². The Balaban J connectivity index is 2.35. The molecule has 9 heteroatoms. The molecule has 0 aromatic heterocycles. The number of halogens is 1. The maximum absolute atomic E-state index is 12.3. The predicted octanol–water partition coefficient (Wildman–Crippen LogP) is 3.42. The minimum Gasteiger partial charge on any atom is -0.490 e. The maximum atomic E-state index is 12.3. The van der Waals surface area contributed by atoms with Gasteiger partial charge in [-0.05, 0) is 42.5 Å². The van der Waals surface area contributed by atoms with Gasteiger partial charge in [0.2, 0.25) is 0 Å². The fourth-order valence-corrected chi connectivity index (χ4v) is 3.27. The summed E-state index contributed by atoms with van der Waals surface area (Å²) in [5, 5.41) is 8.51. The molecule has 0 atom stereocenters.